The third kappa shape index (κ3) is 7.03. The number of aliphatic hydroxyl groups is 1. The monoisotopic (exact) mass is 516 g/mol. The fourth-order valence-corrected chi connectivity index (χ4v) is 6.20. The summed E-state index contributed by atoms with van der Waals surface area (Å²) < 4.78 is 6.38. The van der Waals surface area contributed by atoms with Crippen LogP contribution in [0.5, 0.6) is 5.75 Å². The van der Waals surface area contributed by atoms with Crippen molar-refractivity contribution >= 4 is 11.8 Å². The zero-order valence-electron chi connectivity index (χ0n) is 24.0. The van der Waals surface area contributed by atoms with Crippen LogP contribution in [-0.2, 0) is 6.42 Å². The maximum Gasteiger partial charge on any atom is 0.257 e. The standard InChI is InChI=1S/C29H48N4O4/c1-18-10-9-11-33(18)27(36)22-13-20(26(35)32-19(2)24(34)23(31-8)15-30-7)12-21-14-28(3,4)16-29(5,6)17-37-25(21)22/h12-13,18-19,23-24,30-31,34H,9-11,14-17H2,1-8H3,(H,32,35). The molecular formula is C29H48N4O4. The number of benzene rings is 1. The first-order valence-electron chi connectivity index (χ1n) is 13.7. The summed E-state index contributed by atoms with van der Waals surface area (Å²) >= 11 is 0. The summed E-state index contributed by atoms with van der Waals surface area (Å²) in [7, 11) is 3.61. The number of nitrogens with zero attached hydrogens (tertiary/aromatic N) is 1. The van der Waals surface area contributed by atoms with Gasteiger partial charge in [0.15, 0.2) is 0 Å². The second kappa shape index (κ2) is 11.7. The topological polar surface area (TPSA) is 103 Å². The fraction of sp³-hybridized carbons (Fsp3) is 0.724. The minimum atomic E-state index is -0.790. The summed E-state index contributed by atoms with van der Waals surface area (Å²) in [6, 6.07) is 3.00. The Hall–Kier alpha value is -2.16. The molecule has 0 bridgehead atoms. The molecule has 8 nitrogen and oxygen atoms in total. The molecule has 0 radical (unpaired) electrons. The van der Waals surface area contributed by atoms with Crippen LogP contribution in [0.1, 0.15) is 87.1 Å². The predicted molar refractivity (Wildman–Crippen MR) is 147 cm³/mol. The molecule has 4 unspecified atom stereocenters. The number of ether oxygens (including phenoxy) is 1. The molecule has 37 heavy (non-hydrogen) atoms. The average molecular weight is 517 g/mol. The van der Waals surface area contributed by atoms with Crippen molar-refractivity contribution in [2.75, 3.05) is 33.8 Å². The molecule has 1 aromatic rings. The van der Waals surface area contributed by atoms with Crippen molar-refractivity contribution in [2.24, 2.45) is 10.8 Å². The van der Waals surface area contributed by atoms with Crippen LogP contribution in [0.15, 0.2) is 12.1 Å². The quantitative estimate of drug-likeness (QED) is 0.424. The molecule has 2 heterocycles. The lowest BCUT2D eigenvalue weighted by Gasteiger charge is -2.38. The highest BCUT2D eigenvalue weighted by molar-refractivity contribution is 6.02. The summed E-state index contributed by atoms with van der Waals surface area (Å²) in [5, 5.41) is 19.9. The van der Waals surface area contributed by atoms with Crippen LogP contribution in [0.25, 0.3) is 0 Å². The largest absolute Gasteiger partial charge is 0.492 e. The lowest BCUT2D eigenvalue weighted by atomic mass is 9.71. The van der Waals surface area contributed by atoms with Gasteiger partial charge in [-0.1, -0.05) is 27.7 Å². The van der Waals surface area contributed by atoms with E-state index >= 15 is 0 Å². The van der Waals surface area contributed by atoms with Crippen molar-refractivity contribution < 1.29 is 19.4 Å². The van der Waals surface area contributed by atoms with E-state index in [0.717, 1.165) is 24.8 Å². The van der Waals surface area contributed by atoms with Crippen LogP contribution in [0, 0.1) is 10.8 Å². The van der Waals surface area contributed by atoms with Gasteiger partial charge < -0.3 is 30.7 Å². The van der Waals surface area contributed by atoms with Gasteiger partial charge in [-0.25, -0.2) is 0 Å². The Bertz CT molecular complexity index is 977. The van der Waals surface area contributed by atoms with Gasteiger partial charge in [-0.05, 0) is 82.2 Å². The molecule has 0 aromatic heterocycles. The van der Waals surface area contributed by atoms with Gasteiger partial charge in [-0.3, -0.25) is 9.59 Å². The molecule has 8 heteroatoms. The molecule has 1 fully saturated rings. The van der Waals surface area contributed by atoms with Crippen LogP contribution in [0.3, 0.4) is 0 Å². The zero-order chi connectivity index (χ0) is 27.5. The molecule has 2 amide bonds. The van der Waals surface area contributed by atoms with Gasteiger partial charge in [0.25, 0.3) is 11.8 Å². The predicted octanol–water partition coefficient (Wildman–Crippen LogP) is 2.98. The second-order valence-corrected chi connectivity index (χ2v) is 12.7. The number of likely N-dealkylation sites (tertiary alicyclic amines) is 1. The molecule has 208 valence electrons. The first-order valence-corrected chi connectivity index (χ1v) is 13.7. The summed E-state index contributed by atoms with van der Waals surface area (Å²) in [6.07, 6.45) is 2.82. The average Bonchev–Trinajstić information content (AvgIpc) is 3.24. The van der Waals surface area contributed by atoms with Crippen LogP contribution in [0.2, 0.25) is 0 Å². The van der Waals surface area contributed by atoms with Crippen LogP contribution in [0.4, 0.5) is 0 Å². The number of hydrogen-bond acceptors (Lipinski definition) is 6. The number of aliphatic hydroxyl groups excluding tert-OH is 1. The number of carbonyl (C=O) groups is 2. The summed E-state index contributed by atoms with van der Waals surface area (Å²) in [5.74, 6) is 0.223. The molecule has 1 saturated heterocycles. The van der Waals surface area contributed by atoms with E-state index in [1.54, 1.807) is 20.0 Å². The van der Waals surface area contributed by atoms with E-state index in [1.807, 2.05) is 18.0 Å². The summed E-state index contributed by atoms with van der Waals surface area (Å²) in [5.41, 5.74) is 1.69. The van der Waals surface area contributed by atoms with E-state index in [4.69, 9.17) is 4.74 Å². The number of likely N-dealkylation sites (N-methyl/N-ethyl adjacent to an activating group) is 2. The Morgan fingerprint density at radius 2 is 1.89 bits per heavy atom. The van der Waals surface area contributed by atoms with Crippen molar-refractivity contribution in [3.8, 4) is 5.75 Å². The third-order valence-corrected chi connectivity index (χ3v) is 7.78. The highest BCUT2D eigenvalue weighted by Crippen LogP contribution is 2.43. The van der Waals surface area contributed by atoms with E-state index < -0.39 is 12.1 Å². The third-order valence-electron chi connectivity index (χ3n) is 7.78. The van der Waals surface area contributed by atoms with E-state index in [1.165, 1.54) is 0 Å². The zero-order valence-corrected chi connectivity index (χ0v) is 24.0. The first-order chi connectivity index (χ1) is 17.3. The van der Waals surface area contributed by atoms with E-state index in [9.17, 15) is 14.7 Å². The van der Waals surface area contributed by atoms with Crippen molar-refractivity contribution in [3.05, 3.63) is 28.8 Å². The normalized spacial score (nSPS) is 23.2. The van der Waals surface area contributed by atoms with Gasteiger partial charge in [0, 0.05) is 30.7 Å². The summed E-state index contributed by atoms with van der Waals surface area (Å²) in [4.78, 5) is 29.2. The van der Waals surface area contributed by atoms with Gasteiger partial charge in [0.05, 0.1) is 24.3 Å². The van der Waals surface area contributed by atoms with E-state index in [0.29, 0.717) is 43.0 Å². The SMILES string of the molecule is CNCC(NC)C(O)C(C)NC(=O)c1cc2c(c(C(=O)N3CCCC3C)c1)OCC(C)(C)CC(C)(C)C2. The van der Waals surface area contributed by atoms with Gasteiger partial charge in [0.1, 0.15) is 5.75 Å². The second-order valence-electron chi connectivity index (χ2n) is 12.7. The number of hydrogen-bond donors (Lipinski definition) is 4. The number of nitrogens with one attached hydrogen (secondary N) is 3. The lowest BCUT2D eigenvalue weighted by Crippen LogP contribution is -2.54. The van der Waals surface area contributed by atoms with E-state index in [-0.39, 0.29) is 34.7 Å². The first kappa shape index (κ1) is 29.4. The minimum absolute atomic E-state index is 0.0327. The van der Waals surface area contributed by atoms with Crippen molar-refractivity contribution in [3.63, 3.8) is 0 Å². The lowest BCUT2D eigenvalue weighted by molar-refractivity contribution is 0.0724. The molecule has 0 spiro atoms. The molecular weight excluding hydrogens is 468 g/mol. The van der Waals surface area contributed by atoms with Gasteiger partial charge in [-0.2, -0.15) is 0 Å². The number of rotatable bonds is 8. The van der Waals surface area contributed by atoms with Gasteiger partial charge in [-0.15, -0.1) is 0 Å². The Balaban J connectivity index is 2.00. The van der Waals surface area contributed by atoms with Crippen molar-refractivity contribution in [2.45, 2.75) is 91.5 Å². The molecule has 4 N–H and O–H groups in total. The fourth-order valence-electron chi connectivity index (χ4n) is 6.20. The number of fused-ring (bicyclic) bond motifs is 1. The Morgan fingerprint density at radius 3 is 2.49 bits per heavy atom. The van der Waals surface area contributed by atoms with Gasteiger partial charge >= 0.3 is 0 Å². The number of carbonyl (C=O) groups excluding carboxylic acids is 2. The Labute approximate surface area is 222 Å². The molecule has 1 aromatic carbocycles. The highest BCUT2D eigenvalue weighted by Gasteiger charge is 2.37. The van der Waals surface area contributed by atoms with Crippen molar-refractivity contribution in [1.29, 1.82) is 0 Å². The van der Waals surface area contributed by atoms with Crippen molar-refractivity contribution in [1.82, 2.24) is 20.9 Å². The molecule has 3 rings (SSSR count). The van der Waals surface area contributed by atoms with Gasteiger partial charge in [0.2, 0.25) is 0 Å². The maximum atomic E-state index is 13.8. The number of amides is 2. The Morgan fingerprint density at radius 1 is 1.19 bits per heavy atom. The molecule has 0 saturated carbocycles. The molecule has 0 aliphatic carbocycles. The Kier molecular flexibility index (Phi) is 9.30. The molecule has 2 aliphatic heterocycles. The van der Waals surface area contributed by atoms with E-state index in [2.05, 4.69) is 50.6 Å². The minimum Gasteiger partial charge on any atom is -0.492 e. The maximum absolute atomic E-state index is 13.8. The molecule has 4 atom stereocenters. The smallest absolute Gasteiger partial charge is 0.257 e. The van der Waals surface area contributed by atoms with Crippen LogP contribution < -0.4 is 20.7 Å². The van der Waals surface area contributed by atoms with Crippen LogP contribution >= 0.6 is 0 Å². The van der Waals surface area contributed by atoms with Crippen LogP contribution in [-0.4, -0.2) is 79.8 Å². The highest BCUT2D eigenvalue weighted by atomic mass is 16.5. The summed E-state index contributed by atoms with van der Waals surface area (Å²) in [6.45, 7) is 14.5. The molecule has 2 aliphatic rings.